The van der Waals surface area contributed by atoms with Gasteiger partial charge in [0.25, 0.3) is 0 Å². The molecule has 0 aliphatic rings. The van der Waals surface area contributed by atoms with Gasteiger partial charge in [-0.15, -0.1) is 0 Å². The van der Waals surface area contributed by atoms with Crippen molar-refractivity contribution in [3.8, 4) is 0 Å². The molecule has 0 bridgehead atoms. The second kappa shape index (κ2) is 7.14. The summed E-state index contributed by atoms with van der Waals surface area (Å²) in [4.78, 5) is 54.1. The van der Waals surface area contributed by atoms with Crippen LogP contribution in [0.2, 0.25) is 0 Å². The summed E-state index contributed by atoms with van der Waals surface area (Å²) in [7, 11) is -9.53. The van der Waals surface area contributed by atoms with Crippen LogP contribution in [0.15, 0.2) is 0 Å². The Balaban J connectivity index is 4.30. The van der Waals surface area contributed by atoms with Gasteiger partial charge in [0.2, 0.25) is 0 Å². The minimum Gasteiger partial charge on any atom is -0.481 e. The standard InChI is InChI=1S/C7H17O10P2/c1-2-7(10,5-6(8)9)3-4-16-19(14,15)17-18(11,12)13/h10-15H,2-5H2,1H3/q+1/p+1. The van der Waals surface area contributed by atoms with Crippen LogP contribution >= 0.6 is 16.3 Å². The molecule has 7 N–H and O–H groups in total. The van der Waals surface area contributed by atoms with E-state index in [0.29, 0.717) is 0 Å². The van der Waals surface area contributed by atoms with Crippen LogP contribution in [-0.4, -0.2) is 52.9 Å². The van der Waals surface area contributed by atoms with E-state index in [4.69, 9.17) is 29.6 Å². The summed E-state index contributed by atoms with van der Waals surface area (Å²) in [5, 5.41) is 18.4. The van der Waals surface area contributed by atoms with Gasteiger partial charge in [-0.05, 0) is 6.42 Å². The number of aliphatic carboxylic acids is 1. The molecule has 0 radical (unpaired) electrons. The van der Waals surface area contributed by atoms with E-state index in [1.807, 2.05) is 0 Å². The summed E-state index contributed by atoms with van der Waals surface area (Å²) in [6, 6.07) is 0. The van der Waals surface area contributed by atoms with Crippen molar-refractivity contribution in [1.82, 2.24) is 0 Å². The first-order valence-corrected chi connectivity index (χ1v) is 8.20. The Morgan fingerprint density at radius 2 is 1.74 bits per heavy atom. The highest BCUT2D eigenvalue weighted by Crippen LogP contribution is 2.67. The molecule has 0 saturated heterocycles. The van der Waals surface area contributed by atoms with Crippen molar-refractivity contribution in [2.45, 2.75) is 31.8 Å². The van der Waals surface area contributed by atoms with E-state index in [1.54, 1.807) is 0 Å². The first-order chi connectivity index (χ1) is 8.39. The zero-order chi connectivity index (χ0) is 15.3. The second-order valence-electron chi connectivity index (χ2n) is 3.82. The van der Waals surface area contributed by atoms with Gasteiger partial charge in [0.1, 0.15) is 6.61 Å². The molecular weight excluding hydrogens is 306 g/mol. The Labute approximate surface area is 110 Å². The lowest BCUT2D eigenvalue weighted by molar-refractivity contribution is -0.143. The van der Waals surface area contributed by atoms with Crippen LogP contribution in [0.3, 0.4) is 0 Å². The molecule has 1 atom stereocenters. The smallest absolute Gasteiger partial charge is 0.481 e. The number of carboxylic acid groups (broad SMARTS) is 1. The highest BCUT2D eigenvalue weighted by Gasteiger charge is 2.58. The highest BCUT2D eigenvalue weighted by molar-refractivity contribution is 7.67. The molecule has 12 heteroatoms. The van der Waals surface area contributed by atoms with Gasteiger partial charge in [0, 0.05) is 6.42 Å². The summed E-state index contributed by atoms with van der Waals surface area (Å²) in [5.41, 5.74) is -1.60. The Hall–Kier alpha value is 0.01000. The van der Waals surface area contributed by atoms with Crippen LogP contribution in [0.25, 0.3) is 0 Å². The Bertz CT molecular complexity index is 303. The van der Waals surface area contributed by atoms with Crippen molar-refractivity contribution in [2.75, 3.05) is 6.61 Å². The molecule has 0 spiro atoms. The van der Waals surface area contributed by atoms with Gasteiger partial charge in [-0.25, -0.2) is 0 Å². The fourth-order valence-corrected chi connectivity index (χ4v) is 2.85. The normalized spacial score (nSPS) is 16.2. The molecule has 0 aromatic heterocycles. The number of carboxylic acids is 1. The van der Waals surface area contributed by atoms with Gasteiger partial charge in [-0.3, -0.25) is 4.79 Å². The zero-order valence-electron chi connectivity index (χ0n) is 10.1. The largest absolute Gasteiger partial charge is 0.620 e. The average molecular weight is 324 g/mol. The van der Waals surface area contributed by atoms with Gasteiger partial charge in [0.05, 0.1) is 16.3 Å². The van der Waals surface area contributed by atoms with E-state index in [1.165, 1.54) is 6.92 Å². The minimum absolute atomic E-state index is 0.0861. The van der Waals surface area contributed by atoms with Crippen molar-refractivity contribution >= 4 is 22.3 Å². The molecule has 19 heavy (non-hydrogen) atoms. The second-order valence-corrected chi connectivity index (χ2v) is 6.74. The molecular formula is C7H18O10P2+2. The van der Waals surface area contributed by atoms with Crippen LogP contribution in [0.1, 0.15) is 26.2 Å². The zero-order valence-corrected chi connectivity index (χ0v) is 11.9. The molecule has 0 rings (SSSR count). The number of hydrogen-bond donors (Lipinski definition) is 7. The Morgan fingerprint density at radius 3 is 2.11 bits per heavy atom. The van der Waals surface area contributed by atoms with Crippen LogP contribution in [0.5, 0.6) is 0 Å². The minimum atomic E-state index is -4.88. The van der Waals surface area contributed by atoms with Crippen molar-refractivity contribution < 1.29 is 48.3 Å². The molecule has 0 aromatic carbocycles. The maximum atomic E-state index is 10.5. The van der Waals surface area contributed by atoms with E-state index in [9.17, 15) is 9.90 Å². The van der Waals surface area contributed by atoms with Crippen molar-refractivity contribution in [2.24, 2.45) is 0 Å². The first-order valence-electron chi connectivity index (χ1n) is 5.11. The summed E-state index contributed by atoms with van der Waals surface area (Å²) < 4.78 is 8.11. The number of aliphatic hydroxyl groups is 1. The van der Waals surface area contributed by atoms with Gasteiger partial charge >= 0.3 is 22.3 Å². The molecule has 0 fully saturated rings. The quantitative estimate of drug-likeness (QED) is 0.269. The molecule has 0 aliphatic carbocycles. The molecule has 0 heterocycles. The van der Waals surface area contributed by atoms with Gasteiger partial charge < -0.3 is 10.2 Å². The maximum Gasteiger partial charge on any atom is 0.620 e. The number of hydrogen-bond acceptors (Lipinski definition) is 9. The van der Waals surface area contributed by atoms with Crippen LogP contribution < -0.4 is 0 Å². The summed E-state index contributed by atoms with van der Waals surface area (Å²) in [6.07, 6.45) is -0.731. The first kappa shape index (κ1) is 19.0. The summed E-state index contributed by atoms with van der Waals surface area (Å²) >= 11 is 0. The topological polar surface area (TPSA) is 177 Å². The molecule has 0 saturated carbocycles. The van der Waals surface area contributed by atoms with Crippen molar-refractivity contribution in [3.63, 3.8) is 0 Å². The molecule has 10 nitrogen and oxygen atoms in total. The lowest BCUT2D eigenvalue weighted by Crippen LogP contribution is -2.32. The van der Waals surface area contributed by atoms with Crippen molar-refractivity contribution in [3.05, 3.63) is 0 Å². The predicted molar refractivity (Wildman–Crippen MR) is 64.1 cm³/mol. The third-order valence-corrected chi connectivity index (χ3v) is 4.43. The Kier molecular flexibility index (Phi) is 7.15. The van der Waals surface area contributed by atoms with Crippen LogP contribution in [0, 0.1) is 0 Å². The highest BCUT2D eigenvalue weighted by atomic mass is 31.3. The summed E-state index contributed by atoms with van der Waals surface area (Å²) in [6.45, 7) is 1.02. The van der Waals surface area contributed by atoms with E-state index >= 15 is 0 Å². The van der Waals surface area contributed by atoms with E-state index in [-0.39, 0.29) is 12.8 Å². The maximum absolute atomic E-state index is 10.5. The molecule has 0 aliphatic heterocycles. The van der Waals surface area contributed by atoms with Gasteiger partial charge in [0.15, 0.2) is 0 Å². The van der Waals surface area contributed by atoms with E-state index < -0.39 is 40.9 Å². The van der Waals surface area contributed by atoms with Gasteiger partial charge in [-0.1, -0.05) is 6.92 Å². The predicted octanol–water partition coefficient (Wildman–Crippen LogP) is -0.658. The van der Waals surface area contributed by atoms with E-state index in [0.717, 1.165) is 0 Å². The SMILES string of the molecule is CCC(O)(CCO[P+](O)(O)O[P+](O)(O)O)CC(=O)O. The average Bonchev–Trinajstić information content (AvgIpc) is 2.11. The van der Waals surface area contributed by atoms with Crippen molar-refractivity contribution in [1.29, 1.82) is 0 Å². The lowest BCUT2D eigenvalue weighted by atomic mass is 9.93. The molecule has 1 unspecified atom stereocenters. The third kappa shape index (κ3) is 9.53. The molecule has 114 valence electrons. The molecule has 0 aromatic rings. The van der Waals surface area contributed by atoms with E-state index in [2.05, 4.69) is 8.83 Å². The number of carbonyl (C=O) groups is 1. The fraction of sp³-hybridized carbons (Fsp3) is 0.857. The lowest BCUT2D eigenvalue weighted by Gasteiger charge is -2.23. The fourth-order valence-electron chi connectivity index (χ4n) is 1.19. The Morgan fingerprint density at radius 1 is 1.21 bits per heavy atom. The van der Waals surface area contributed by atoms with Crippen LogP contribution in [-0.2, 0) is 13.6 Å². The monoisotopic (exact) mass is 324 g/mol. The molecule has 0 amide bonds. The number of rotatable bonds is 9. The van der Waals surface area contributed by atoms with Gasteiger partial charge in [-0.2, -0.15) is 29.0 Å². The summed E-state index contributed by atoms with van der Waals surface area (Å²) in [5.74, 6) is -1.24. The third-order valence-electron chi connectivity index (χ3n) is 2.18. The van der Waals surface area contributed by atoms with Crippen LogP contribution in [0.4, 0.5) is 0 Å².